The number of aryl methyl sites for hydroxylation is 4. The van der Waals surface area contributed by atoms with E-state index < -0.39 is 11.9 Å². The van der Waals surface area contributed by atoms with Crippen molar-refractivity contribution < 1.29 is 19.8 Å². The highest BCUT2D eigenvalue weighted by Gasteiger charge is 2.19. The fourth-order valence-electron chi connectivity index (χ4n) is 5.80. The summed E-state index contributed by atoms with van der Waals surface area (Å²) in [6, 6.07) is 18.4. The van der Waals surface area contributed by atoms with E-state index in [2.05, 4.69) is 110 Å². The molecule has 0 spiro atoms. The first-order valence-corrected chi connectivity index (χ1v) is 16.1. The molecule has 1 saturated heterocycles. The number of nitrogens with one attached hydrogen (secondary N) is 1. The molecule has 1 aliphatic heterocycles. The van der Waals surface area contributed by atoms with Crippen molar-refractivity contribution >= 4 is 11.9 Å². The summed E-state index contributed by atoms with van der Waals surface area (Å²) in [6.07, 6.45) is 7.36. The molecule has 2 aromatic carbocycles. The third-order valence-corrected chi connectivity index (χ3v) is 9.05. The average Bonchev–Trinajstić information content (AvgIpc) is 3.05. The molecular weight excluding hydrogens is 588 g/mol. The van der Waals surface area contributed by atoms with Crippen molar-refractivity contribution in [3.63, 3.8) is 0 Å². The van der Waals surface area contributed by atoms with Crippen LogP contribution in [0.3, 0.4) is 0 Å². The van der Waals surface area contributed by atoms with E-state index in [0.717, 1.165) is 37.6 Å². The van der Waals surface area contributed by atoms with E-state index in [9.17, 15) is 9.59 Å². The maximum Gasteiger partial charge on any atom is 0.328 e. The zero-order valence-corrected chi connectivity index (χ0v) is 28.3. The van der Waals surface area contributed by atoms with Crippen LogP contribution in [-0.4, -0.2) is 56.2 Å². The second kappa shape index (κ2) is 16.3. The summed E-state index contributed by atoms with van der Waals surface area (Å²) < 4.78 is 0. The average molecular weight is 635 g/mol. The Morgan fingerprint density at radius 3 is 1.60 bits per heavy atom. The number of aliphatic carboxylic acids is 2. The number of benzene rings is 2. The Kier molecular flexibility index (Phi) is 12.2. The van der Waals surface area contributed by atoms with Gasteiger partial charge in [0, 0.05) is 54.8 Å². The van der Waals surface area contributed by atoms with Gasteiger partial charge in [0.05, 0.1) is 11.4 Å². The lowest BCUT2D eigenvalue weighted by Crippen LogP contribution is -2.41. The van der Waals surface area contributed by atoms with Crippen molar-refractivity contribution in [3.05, 3.63) is 118 Å². The number of pyridine rings is 2. The predicted molar refractivity (Wildman–Crippen MR) is 187 cm³/mol. The maximum absolute atomic E-state index is 9.55. The fraction of sp³-hybridized carbons (Fsp3) is 0.333. The van der Waals surface area contributed by atoms with Crippen LogP contribution in [0.5, 0.6) is 0 Å². The van der Waals surface area contributed by atoms with E-state index in [0.29, 0.717) is 18.2 Å². The highest BCUT2D eigenvalue weighted by molar-refractivity contribution is 5.89. The Bertz CT molecular complexity index is 1690. The first-order chi connectivity index (χ1) is 22.4. The summed E-state index contributed by atoms with van der Waals surface area (Å²) in [7, 11) is 0. The topological polar surface area (TPSA) is 116 Å². The van der Waals surface area contributed by atoms with Gasteiger partial charge in [-0.15, -0.1) is 0 Å². The van der Waals surface area contributed by atoms with Crippen molar-refractivity contribution in [1.82, 2.24) is 20.2 Å². The first kappa shape index (κ1) is 35.2. The van der Waals surface area contributed by atoms with Crippen LogP contribution in [0.25, 0.3) is 22.5 Å². The normalized spacial score (nSPS) is 13.7. The number of nitrogens with zero attached hydrogens (tertiary/aromatic N) is 3. The maximum atomic E-state index is 9.55. The number of hydrogen-bond acceptors (Lipinski definition) is 6. The van der Waals surface area contributed by atoms with Crippen LogP contribution in [-0.2, 0) is 22.7 Å². The lowest BCUT2D eigenvalue weighted by molar-refractivity contribution is -0.134. The molecule has 5 rings (SSSR count). The van der Waals surface area contributed by atoms with Crippen LogP contribution in [0, 0.1) is 41.5 Å². The Morgan fingerprint density at radius 1 is 0.723 bits per heavy atom. The highest BCUT2D eigenvalue weighted by Crippen LogP contribution is 2.26. The molecule has 3 N–H and O–H groups in total. The Hall–Kier alpha value is -4.66. The number of likely N-dealkylation sites (tertiary alicyclic amines) is 1. The lowest BCUT2D eigenvalue weighted by atomic mass is 9.98. The molecule has 8 nitrogen and oxygen atoms in total. The van der Waals surface area contributed by atoms with Gasteiger partial charge in [0.2, 0.25) is 0 Å². The van der Waals surface area contributed by atoms with Gasteiger partial charge < -0.3 is 15.5 Å². The van der Waals surface area contributed by atoms with E-state index >= 15 is 0 Å². The van der Waals surface area contributed by atoms with Crippen molar-refractivity contribution in [2.75, 3.05) is 13.1 Å². The molecule has 1 aliphatic rings. The Balaban J connectivity index is 0.000000555. The standard InChI is InChI=1S/C35H42N4.C4H4O4/c1-23-15-31(16-24(2)27(23)5)34-19-29(7-11-36-34)21-38-33-9-13-39(14-10-33)22-30-8-12-37-35(20-30)32-17-25(3)28(6)26(4)18-32;5-3(6)1-2-4(7)8/h7-8,11-12,15-20,33,38H,9-10,13-14,21-22H2,1-6H3;1-2H,(H,5,6)(H,7,8)/b;2-1+. The molecule has 0 bridgehead atoms. The predicted octanol–water partition coefficient (Wildman–Crippen LogP) is 7.13. The van der Waals surface area contributed by atoms with Crippen LogP contribution >= 0.6 is 0 Å². The zero-order valence-electron chi connectivity index (χ0n) is 28.3. The van der Waals surface area contributed by atoms with Gasteiger partial charge in [-0.25, -0.2) is 9.59 Å². The molecule has 47 heavy (non-hydrogen) atoms. The van der Waals surface area contributed by atoms with Crippen molar-refractivity contribution in [2.24, 2.45) is 0 Å². The van der Waals surface area contributed by atoms with E-state index in [4.69, 9.17) is 10.2 Å². The second-order valence-electron chi connectivity index (χ2n) is 12.5. The number of carboxylic acids is 2. The second-order valence-corrected chi connectivity index (χ2v) is 12.5. The minimum Gasteiger partial charge on any atom is -0.478 e. The Morgan fingerprint density at radius 2 is 1.15 bits per heavy atom. The van der Waals surface area contributed by atoms with Crippen molar-refractivity contribution in [3.8, 4) is 22.5 Å². The fourth-order valence-corrected chi connectivity index (χ4v) is 5.80. The molecule has 0 unspecified atom stereocenters. The molecule has 8 heteroatoms. The van der Waals surface area contributed by atoms with Gasteiger partial charge >= 0.3 is 11.9 Å². The van der Waals surface area contributed by atoms with Gasteiger partial charge in [0.15, 0.2) is 0 Å². The zero-order chi connectivity index (χ0) is 34.1. The monoisotopic (exact) mass is 634 g/mol. The van der Waals surface area contributed by atoms with E-state index in [-0.39, 0.29) is 0 Å². The van der Waals surface area contributed by atoms with E-state index in [1.807, 2.05) is 12.4 Å². The summed E-state index contributed by atoms with van der Waals surface area (Å²) in [5.41, 5.74) is 15.2. The number of carboxylic acid groups (broad SMARTS) is 2. The molecule has 246 valence electrons. The minimum atomic E-state index is -1.26. The van der Waals surface area contributed by atoms with E-state index in [1.165, 1.54) is 68.5 Å². The van der Waals surface area contributed by atoms with Gasteiger partial charge in [-0.2, -0.15) is 0 Å². The highest BCUT2D eigenvalue weighted by atomic mass is 16.4. The van der Waals surface area contributed by atoms with Crippen LogP contribution in [0.2, 0.25) is 0 Å². The summed E-state index contributed by atoms with van der Waals surface area (Å²) in [6.45, 7) is 17.2. The van der Waals surface area contributed by atoms with Gasteiger partial charge in [0.1, 0.15) is 0 Å². The summed E-state index contributed by atoms with van der Waals surface area (Å²) in [4.78, 5) is 31.0. The molecule has 0 amide bonds. The lowest BCUT2D eigenvalue weighted by Gasteiger charge is -2.32. The third-order valence-electron chi connectivity index (χ3n) is 9.05. The van der Waals surface area contributed by atoms with E-state index in [1.54, 1.807) is 0 Å². The number of aromatic nitrogens is 2. The number of rotatable bonds is 9. The minimum absolute atomic E-state index is 0.549. The molecule has 0 saturated carbocycles. The first-order valence-electron chi connectivity index (χ1n) is 16.1. The summed E-state index contributed by atoms with van der Waals surface area (Å²) in [5, 5.41) is 19.4. The summed E-state index contributed by atoms with van der Waals surface area (Å²) >= 11 is 0. The van der Waals surface area contributed by atoms with Crippen LogP contribution < -0.4 is 5.32 Å². The largest absolute Gasteiger partial charge is 0.478 e. The molecule has 0 radical (unpaired) electrons. The third kappa shape index (κ3) is 10.2. The van der Waals surface area contributed by atoms with Gasteiger partial charge in [-0.3, -0.25) is 14.9 Å². The number of hydrogen-bond donors (Lipinski definition) is 3. The number of piperidine rings is 1. The van der Waals surface area contributed by atoms with Gasteiger partial charge in [-0.1, -0.05) is 0 Å². The number of carbonyl (C=O) groups is 2. The SMILES string of the molecule is Cc1cc(-c2cc(CNC3CCN(Cc4ccnc(-c5cc(C)c(C)c(C)c5)c4)CC3)ccn2)cc(C)c1C.O=C(O)/C=C/C(=O)O. The van der Waals surface area contributed by atoms with Crippen molar-refractivity contribution in [2.45, 2.75) is 73.5 Å². The Labute approximate surface area is 278 Å². The van der Waals surface area contributed by atoms with Crippen LogP contribution in [0.1, 0.15) is 57.3 Å². The molecule has 3 heterocycles. The van der Waals surface area contributed by atoms with Gasteiger partial charge in [0.25, 0.3) is 0 Å². The quantitative estimate of drug-likeness (QED) is 0.167. The van der Waals surface area contributed by atoms with Crippen LogP contribution in [0.4, 0.5) is 0 Å². The molecule has 2 aromatic heterocycles. The smallest absolute Gasteiger partial charge is 0.328 e. The summed E-state index contributed by atoms with van der Waals surface area (Å²) in [5.74, 6) is -2.51. The molecular formula is C39H46N4O4. The van der Waals surface area contributed by atoms with Gasteiger partial charge in [-0.05, 0) is 161 Å². The molecule has 4 aromatic rings. The van der Waals surface area contributed by atoms with Crippen LogP contribution in [0.15, 0.2) is 73.1 Å². The molecule has 0 atom stereocenters. The molecule has 1 fully saturated rings. The van der Waals surface area contributed by atoms with Crippen molar-refractivity contribution in [1.29, 1.82) is 0 Å². The molecule has 0 aliphatic carbocycles.